The molecule has 128 valence electrons. The lowest BCUT2D eigenvalue weighted by Crippen LogP contribution is -3.00. The Morgan fingerprint density at radius 1 is 1.21 bits per heavy atom. The molecule has 0 bridgehead atoms. The number of imidazole rings is 1. The van der Waals surface area contributed by atoms with Crippen molar-refractivity contribution in [1.82, 2.24) is 19.5 Å². The third kappa shape index (κ3) is 3.49. The Morgan fingerprint density at radius 3 is 2.71 bits per heavy atom. The number of hydrogen-bond donors (Lipinski definition) is 1. The monoisotopic (exact) mass is 347 g/mol. The molecule has 0 aliphatic rings. The number of methoxy groups -OCH3 is 1. The van der Waals surface area contributed by atoms with Crippen molar-refractivity contribution in [1.29, 1.82) is 0 Å². The second-order valence-electron chi connectivity index (χ2n) is 5.42. The molecule has 0 atom stereocenters. The van der Waals surface area contributed by atoms with Crippen LogP contribution in [0.5, 0.6) is 5.75 Å². The van der Waals surface area contributed by atoms with Gasteiger partial charge in [0.15, 0.2) is 11.2 Å². The average molecular weight is 348 g/mol. The van der Waals surface area contributed by atoms with Crippen molar-refractivity contribution in [2.24, 2.45) is 0 Å². The highest BCUT2D eigenvalue weighted by molar-refractivity contribution is 5.78. The molecule has 7 heteroatoms. The van der Waals surface area contributed by atoms with Gasteiger partial charge >= 0.3 is 0 Å². The summed E-state index contributed by atoms with van der Waals surface area (Å²) in [6.07, 6.45) is 3.72. The number of fused-ring (bicyclic) bond motifs is 1. The second-order valence-corrected chi connectivity index (χ2v) is 5.42. The number of aryl methyl sites for hydroxylation is 1. The van der Waals surface area contributed by atoms with Gasteiger partial charge in [0, 0.05) is 12.0 Å². The van der Waals surface area contributed by atoms with Gasteiger partial charge in [0.1, 0.15) is 11.6 Å². The molecule has 0 spiro atoms. The number of para-hydroxylation sites is 1. The molecule has 24 heavy (non-hydrogen) atoms. The molecule has 3 rings (SSSR count). The minimum absolute atomic E-state index is 0. The first kappa shape index (κ1) is 18.2. The molecular formula is C17H22ClN5O. The Hall–Kier alpha value is -2.18. The van der Waals surface area contributed by atoms with Crippen molar-refractivity contribution >= 4 is 17.0 Å². The van der Waals surface area contributed by atoms with E-state index in [1.165, 1.54) is 0 Å². The van der Waals surface area contributed by atoms with E-state index in [1.54, 1.807) is 7.11 Å². The van der Waals surface area contributed by atoms with Crippen LogP contribution in [-0.4, -0.2) is 33.7 Å². The van der Waals surface area contributed by atoms with E-state index in [-0.39, 0.29) is 12.4 Å². The van der Waals surface area contributed by atoms with E-state index in [2.05, 4.69) is 27.5 Å². The van der Waals surface area contributed by atoms with Gasteiger partial charge in [-0.3, -0.25) is 5.32 Å². The summed E-state index contributed by atoms with van der Waals surface area (Å²) < 4.78 is 7.50. The van der Waals surface area contributed by atoms with E-state index in [0.717, 1.165) is 47.0 Å². The van der Waals surface area contributed by atoms with Crippen LogP contribution >= 0.6 is 0 Å². The number of ether oxygens (including phenoxy) is 1. The summed E-state index contributed by atoms with van der Waals surface area (Å²) >= 11 is 0. The van der Waals surface area contributed by atoms with Crippen molar-refractivity contribution in [2.75, 3.05) is 14.2 Å². The molecule has 0 amide bonds. The first-order valence-corrected chi connectivity index (χ1v) is 7.89. The van der Waals surface area contributed by atoms with Gasteiger partial charge < -0.3 is 21.7 Å². The van der Waals surface area contributed by atoms with E-state index in [4.69, 9.17) is 9.72 Å². The van der Waals surface area contributed by atoms with Gasteiger partial charge in [0.05, 0.1) is 27.0 Å². The van der Waals surface area contributed by atoms with Gasteiger partial charge in [-0.25, -0.2) is 9.97 Å². The Morgan fingerprint density at radius 2 is 2.00 bits per heavy atom. The Labute approximate surface area is 147 Å². The molecule has 0 aliphatic carbocycles. The molecule has 0 radical (unpaired) electrons. The highest BCUT2D eigenvalue weighted by Gasteiger charge is 2.15. The maximum absolute atomic E-state index is 5.44. The predicted octanol–water partition coefficient (Wildman–Crippen LogP) is -1.34. The lowest BCUT2D eigenvalue weighted by atomic mass is 10.2. The van der Waals surface area contributed by atoms with Crippen LogP contribution in [0.25, 0.3) is 11.2 Å². The molecule has 2 aromatic heterocycles. The largest absolute Gasteiger partial charge is 1.00 e. The normalized spacial score (nSPS) is 10.6. The topological polar surface area (TPSA) is 69.4 Å². The van der Waals surface area contributed by atoms with E-state index in [9.17, 15) is 0 Å². The fourth-order valence-corrected chi connectivity index (χ4v) is 2.68. The van der Waals surface area contributed by atoms with E-state index in [0.29, 0.717) is 6.54 Å². The van der Waals surface area contributed by atoms with Gasteiger partial charge in [0.25, 0.3) is 5.82 Å². The van der Waals surface area contributed by atoms with E-state index in [1.807, 2.05) is 36.9 Å². The van der Waals surface area contributed by atoms with Crippen molar-refractivity contribution in [3.63, 3.8) is 0 Å². The molecular weight excluding hydrogens is 326 g/mol. The number of halogens is 1. The number of aromatic nitrogens is 4. The van der Waals surface area contributed by atoms with Crippen molar-refractivity contribution in [3.8, 4) is 5.75 Å². The van der Waals surface area contributed by atoms with E-state index >= 15 is 0 Å². The van der Waals surface area contributed by atoms with Crippen LogP contribution in [0.3, 0.4) is 0 Å². The van der Waals surface area contributed by atoms with Crippen LogP contribution in [-0.2, 0) is 13.0 Å². The van der Waals surface area contributed by atoms with Gasteiger partial charge in [-0.2, -0.15) is 4.98 Å². The third-order valence-electron chi connectivity index (χ3n) is 3.82. The van der Waals surface area contributed by atoms with Crippen molar-refractivity contribution in [2.45, 2.75) is 26.3 Å². The molecule has 2 N–H and O–H groups in total. The number of hydrogen-bond acceptors (Lipinski definition) is 4. The maximum atomic E-state index is 5.44. The molecule has 0 fully saturated rings. The Bertz CT molecular complexity index is 818. The molecule has 0 saturated carbocycles. The SMILES string of the molecule is CCCc1nc([NH2+]C)c2ncn(Cc3ccccc3OC)c2n1.[Cl-]. The predicted molar refractivity (Wildman–Crippen MR) is 88.9 cm³/mol. The number of nitrogens with two attached hydrogens (primary N) is 1. The third-order valence-corrected chi connectivity index (χ3v) is 3.82. The Balaban J connectivity index is 0.00000208. The number of nitrogens with zero attached hydrogens (tertiary/aromatic N) is 4. The quantitative estimate of drug-likeness (QED) is 0.599. The van der Waals surface area contributed by atoms with E-state index < -0.39 is 0 Å². The maximum Gasteiger partial charge on any atom is 0.256 e. The fraction of sp³-hybridized carbons (Fsp3) is 0.353. The van der Waals surface area contributed by atoms with Crippen LogP contribution in [0.2, 0.25) is 0 Å². The summed E-state index contributed by atoms with van der Waals surface area (Å²) in [4.78, 5) is 13.8. The smallest absolute Gasteiger partial charge is 0.256 e. The van der Waals surface area contributed by atoms with Gasteiger partial charge in [-0.15, -0.1) is 0 Å². The molecule has 1 aromatic carbocycles. The van der Waals surface area contributed by atoms with Gasteiger partial charge in [0.2, 0.25) is 0 Å². The second kappa shape index (κ2) is 8.08. The average Bonchev–Trinajstić information content (AvgIpc) is 2.98. The summed E-state index contributed by atoms with van der Waals surface area (Å²) in [6.45, 7) is 2.81. The summed E-state index contributed by atoms with van der Waals surface area (Å²) in [6, 6.07) is 8.02. The summed E-state index contributed by atoms with van der Waals surface area (Å²) in [7, 11) is 3.67. The van der Waals surface area contributed by atoms with Crippen molar-refractivity contribution < 1.29 is 22.5 Å². The molecule has 6 nitrogen and oxygen atoms in total. The summed E-state index contributed by atoms with van der Waals surface area (Å²) in [5.74, 6) is 2.64. The number of rotatable bonds is 6. The van der Waals surface area contributed by atoms with Crippen molar-refractivity contribution in [3.05, 3.63) is 42.0 Å². The van der Waals surface area contributed by atoms with Crippen LogP contribution in [0.4, 0.5) is 5.82 Å². The highest BCUT2D eigenvalue weighted by atomic mass is 35.5. The standard InChI is InChI=1S/C17H21N5O.ClH/c1-4-7-14-20-16(18-2)15-17(21-14)22(11-19-15)10-12-8-5-6-9-13(12)23-3;/h5-6,8-9,11H,4,7,10H2,1-3H3,(H,18,20,21);1H. The minimum Gasteiger partial charge on any atom is -1.00 e. The zero-order valence-electron chi connectivity index (χ0n) is 14.2. The van der Waals surface area contributed by atoms with Crippen LogP contribution in [0, 0.1) is 0 Å². The zero-order valence-corrected chi connectivity index (χ0v) is 14.9. The summed E-state index contributed by atoms with van der Waals surface area (Å²) in [5.41, 5.74) is 2.83. The Kier molecular flexibility index (Phi) is 6.11. The van der Waals surface area contributed by atoms with Gasteiger partial charge in [-0.05, 0) is 12.5 Å². The molecule has 0 unspecified atom stereocenters. The van der Waals surface area contributed by atoms with Crippen LogP contribution in [0.15, 0.2) is 30.6 Å². The minimum atomic E-state index is 0. The first-order chi connectivity index (χ1) is 11.3. The van der Waals surface area contributed by atoms with Gasteiger partial charge in [-0.1, -0.05) is 25.1 Å². The molecule has 2 heterocycles. The number of quaternary nitrogens is 1. The highest BCUT2D eigenvalue weighted by Crippen LogP contribution is 2.22. The lowest BCUT2D eigenvalue weighted by Gasteiger charge is -2.09. The number of benzene rings is 1. The fourth-order valence-electron chi connectivity index (χ4n) is 2.68. The van der Waals surface area contributed by atoms with Crippen LogP contribution < -0.4 is 22.5 Å². The molecule has 3 aromatic rings. The van der Waals surface area contributed by atoms with Crippen LogP contribution in [0.1, 0.15) is 24.7 Å². The zero-order chi connectivity index (χ0) is 16.2. The first-order valence-electron chi connectivity index (χ1n) is 7.89. The molecule has 0 aliphatic heterocycles. The molecule has 0 saturated heterocycles. The lowest BCUT2D eigenvalue weighted by molar-refractivity contribution is -0.542. The summed E-state index contributed by atoms with van der Waals surface area (Å²) in [5, 5.41) is 1.99.